The highest BCUT2D eigenvalue weighted by atomic mass is 32.1. The molecular formula is C17H17NOS2. The van der Waals surface area contributed by atoms with Crippen molar-refractivity contribution in [2.24, 2.45) is 5.73 Å². The van der Waals surface area contributed by atoms with Crippen LogP contribution in [0.2, 0.25) is 0 Å². The first kappa shape index (κ1) is 13.3. The third-order valence-electron chi connectivity index (χ3n) is 3.91. The number of thiophene rings is 2. The fraction of sp³-hybridized carbons (Fsp3) is 0.294. The maximum absolute atomic E-state index is 6.48. The second kappa shape index (κ2) is 4.57. The SMILES string of the molecule is CC1(C)Cc2cc(C(N)c3cc4sccc4s3)ccc2O1. The van der Waals surface area contributed by atoms with Gasteiger partial charge in [0.05, 0.1) is 6.04 Å². The van der Waals surface area contributed by atoms with Gasteiger partial charge in [0.25, 0.3) is 0 Å². The molecule has 0 aliphatic carbocycles. The van der Waals surface area contributed by atoms with E-state index >= 15 is 0 Å². The van der Waals surface area contributed by atoms with Crippen LogP contribution in [0.15, 0.2) is 35.7 Å². The summed E-state index contributed by atoms with van der Waals surface area (Å²) in [5, 5.41) is 2.13. The molecule has 108 valence electrons. The molecule has 0 saturated heterocycles. The Morgan fingerprint density at radius 3 is 2.86 bits per heavy atom. The van der Waals surface area contributed by atoms with Crippen molar-refractivity contribution >= 4 is 32.1 Å². The second-order valence-electron chi connectivity index (χ2n) is 6.18. The zero-order chi connectivity index (χ0) is 14.6. The molecule has 0 spiro atoms. The summed E-state index contributed by atoms with van der Waals surface area (Å²) in [6, 6.07) is 10.7. The van der Waals surface area contributed by atoms with Crippen LogP contribution < -0.4 is 10.5 Å². The predicted octanol–water partition coefficient (Wildman–Crippen LogP) is 4.72. The van der Waals surface area contributed by atoms with E-state index in [-0.39, 0.29) is 11.6 Å². The summed E-state index contributed by atoms with van der Waals surface area (Å²) in [5.41, 5.74) is 8.81. The van der Waals surface area contributed by atoms with Crippen LogP contribution in [0.3, 0.4) is 0 Å². The Morgan fingerprint density at radius 1 is 1.19 bits per heavy atom. The van der Waals surface area contributed by atoms with E-state index in [1.54, 1.807) is 22.7 Å². The summed E-state index contributed by atoms with van der Waals surface area (Å²) in [6.07, 6.45) is 0.947. The van der Waals surface area contributed by atoms with Gasteiger partial charge >= 0.3 is 0 Å². The van der Waals surface area contributed by atoms with Gasteiger partial charge in [-0.2, -0.15) is 0 Å². The van der Waals surface area contributed by atoms with Crippen LogP contribution in [0, 0.1) is 0 Å². The first-order valence-electron chi connectivity index (χ1n) is 7.06. The lowest BCUT2D eigenvalue weighted by atomic mass is 9.97. The number of benzene rings is 1. The third-order valence-corrected chi connectivity index (χ3v) is 6.09. The van der Waals surface area contributed by atoms with Crippen LogP contribution in [-0.4, -0.2) is 5.60 Å². The first-order chi connectivity index (χ1) is 10.0. The fourth-order valence-electron chi connectivity index (χ4n) is 2.92. The molecule has 2 nitrogen and oxygen atoms in total. The molecule has 3 heterocycles. The van der Waals surface area contributed by atoms with Gasteiger partial charge in [-0.3, -0.25) is 0 Å². The van der Waals surface area contributed by atoms with Gasteiger partial charge in [-0.05, 0) is 48.6 Å². The van der Waals surface area contributed by atoms with Crippen molar-refractivity contribution in [3.63, 3.8) is 0 Å². The van der Waals surface area contributed by atoms with Crippen LogP contribution in [0.4, 0.5) is 0 Å². The van der Waals surface area contributed by atoms with Gasteiger partial charge in [0, 0.05) is 20.7 Å². The van der Waals surface area contributed by atoms with Gasteiger partial charge in [0.15, 0.2) is 0 Å². The van der Waals surface area contributed by atoms with Crippen molar-refractivity contribution in [1.29, 1.82) is 0 Å². The standard InChI is InChI=1S/C17H17NOS2/c1-17(2)9-11-7-10(3-4-12(11)19-17)16(18)15-8-14-13(21-15)5-6-20-14/h3-8,16H,9,18H2,1-2H3. The Bertz CT molecular complexity index is 787. The lowest BCUT2D eigenvalue weighted by Crippen LogP contribution is -2.24. The van der Waals surface area contributed by atoms with Gasteiger partial charge in [-0.1, -0.05) is 12.1 Å². The van der Waals surface area contributed by atoms with E-state index in [1.165, 1.54) is 25.4 Å². The molecule has 1 aliphatic rings. The Hall–Kier alpha value is -1.36. The van der Waals surface area contributed by atoms with Gasteiger partial charge in [0.2, 0.25) is 0 Å². The summed E-state index contributed by atoms with van der Waals surface area (Å²) in [5.74, 6) is 1.00. The number of hydrogen-bond acceptors (Lipinski definition) is 4. The Labute approximate surface area is 132 Å². The van der Waals surface area contributed by atoms with Crippen molar-refractivity contribution in [3.8, 4) is 5.75 Å². The lowest BCUT2D eigenvalue weighted by Gasteiger charge is -2.16. The average Bonchev–Trinajstić information content (AvgIpc) is 3.06. The van der Waals surface area contributed by atoms with Crippen molar-refractivity contribution < 1.29 is 4.74 Å². The molecule has 0 amide bonds. The maximum atomic E-state index is 6.48. The molecule has 3 aromatic rings. The van der Waals surface area contributed by atoms with Crippen LogP contribution in [-0.2, 0) is 6.42 Å². The maximum Gasteiger partial charge on any atom is 0.123 e. The molecule has 1 aliphatic heterocycles. The number of ether oxygens (including phenoxy) is 1. The normalized spacial score (nSPS) is 17.7. The molecule has 4 rings (SSSR count). The molecular weight excluding hydrogens is 298 g/mol. The quantitative estimate of drug-likeness (QED) is 0.742. The first-order valence-corrected chi connectivity index (χ1v) is 8.76. The van der Waals surface area contributed by atoms with E-state index in [2.05, 4.69) is 49.6 Å². The van der Waals surface area contributed by atoms with Crippen molar-refractivity contribution in [2.45, 2.75) is 31.9 Å². The second-order valence-corrected chi connectivity index (χ2v) is 8.24. The minimum atomic E-state index is -0.101. The van der Waals surface area contributed by atoms with E-state index in [4.69, 9.17) is 10.5 Å². The Kier molecular flexibility index (Phi) is 2.89. The monoisotopic (exact) mass is 315 g/mol. The number of nitrogens with two attached hydrogens (primary N) is 1. The number of fused-ring (bicyclic) bond motifs is 2. The van der Waals surface area contributed by atoms with Crippen LogP contribution in [0.5, 0.6) is 5.75 Å². The topological polar surface area (TPSA) is 35.2 Å². The molecule has 21 heavy (non-hydrogen) atoms. The largest absolute Gasteiger partial charge is 0.487 e. The molecule has 2 aromatic heterocycles. The molecule has 0 radical (unpaired) electrons. The molecule has 2 N–H and O–H groups in total. The predicted molar refractivity (Wildman–Crippen MR) is 90.6 cm³/mol. The highest BCUT2D eigenvalue weighted by molar-refractivity contribution is 7.27. The molecule has 4 heteroatoms. The average molecular weight is 315 g/mol. The number of hydrogen-bond donors (Lipinski definition) is 1. The van der Waals surface area contributed by atoms with E-state index in [1.807, 2.05) is 0 Å². The zero-order valence-electron chi connectivity index (χ0n) is 12.1. The van der Waals surface area contributed by atoms with E-state index in [9.17, 15) is 0 Å². The summed E-state index contributed by atoms with van der Waals surface area (Å²) in [7, 11) is 0. The molecule has 1 unspecified atom stereocenters. The summed E-state index contributed by atoms with van der Waals surface area (Å²) in [6.45, 7) is 4.25. The van der Waals surface area contributed by atoms with E-state index in [0.717, 1.165) is 12.2 Å². The smallest absolute Gasteiger partial charge is 0.123 e. The van der Waals surface area contributed by atoms with Crippen LogP contribution >= 0.6 is 22.7 Å². The summed E-state index contributed by atoms with van der Waals surface area (Å²) >= 11 is 3.57. The third kappa shape index (κ3) is 2.27. The molecule has 1 aromatic carbocycles. The van der Waals surface area contributed by atoms with Crippen LogP contribution in [0.1, 0.15) is 35.9 Å². The fourth-order valence-corrected chi connectivity index (χ4v) is 5.07. The zero-order valence-corrected chi connectivity index (χ0v) is 13.7. The highest BCUT2D eigenvalue weighted by Gasteiger charge is 2.30. The van der Waals surface area contributed by atoms with Gasteiger partial charge < -0.3 is 10.5 Å². The highest BCUT2D eigenvalue weighted by Crippen LogP contribution is 2.39. The van der Waals surface area contributed by atoms with Crippen molar-refractivity contribution in [2.75, 3.05) is 0 Å². The van der Waals surface area contributed by atoms with Gasteiger partial charge in [-0.15, -0.1) is 22.7 Å². The Morgan fingerprint density at radius 2 is 2.05 bits per heavy atom. The van der Waals surface area contributed by atoms with E-state index < -0.39 is 0 Å². The summed E-state index contributed by atoms with van der Waals surface area (Å²) < 4.78 is 8.59. The van der Waals surface area contributed by atoms with Gasteiger partial charge in [0.1, 0.15) is 11.4 Å². The molecule has 0 bridgehead atoms. The molecule has 0 fully saturated rings. The van der Waals surface area contributed by atoms with Gasteiger partial charge in [-0.25, -0.2) is 0 Å². The van der Waals surface area contributed by atoms with E-state index in [0.29, 0.717) is 0 Å². The molecule has 1 atom stereocenters. The molecule has 0 saturated carbocycles. The number of rotatable bonds is 2. The Balaban J connectivity index is 1.69. The lowest BCUT2D eigenvalue weighted by molar-refractivity contribution is 0.138. The minimum Gasteiger partial charge on any atom is -0.487 e. The summed E-state index contributed by atoms with van der Waals surface area (Å²) in [4.78, 5) is 1.23. The van der Waals surface area contributed by atoms with Crippen molar-refractivity contribution in [3.05, 3.63) is 51.7 Å². The van der Waals surface area contributed by atoms with Crippen molar-refractivity contribution in [1.82, 2.24) is 0 Å². The van der Waals surface area contributed by atoms with Crippen LogP contribution in [0.25, 0.3) is 9.40 Å². The minimum absolute atomic E-state index is 0.0522.